The summed E-state index contributed by atoms with van der Waals surface area (Å²) in [7, 11) is 2.93. The third kappa shape index (κ3) is 6.07. The number of carbonyl (C=O) groups is 1. The van der Waals surface area contributed by atoms with Gasteiger partial charge < -0.3 is 19.3 Å². The van der Waals surface area contributed by atoms with Crippen molar-refractivity contribution in [1.29, 1.82) is 0 Å². The van der Waals surface area contributed by atoms with E-state index < -0.39 is 11.4 Å². The first-order chi connectivity index (χ1) is 16.7. The molecule has 0 aliphatic rings. The summed E-state index contributed by atoms with van der Waals surface area (Å²) in [5.74, 6) is 0.363. The minimum Gasteiger partial charge on any atom is -0.494 e. The van der Waals surface area contributed by atoms with Crippen LogP contribution in [-0.4, -0.2) is 36.8 Å². The quantitative estimate of drug-likeness (QED) is 0.286. The molecule has 182 valence electrons. The Morgan fingerprint density at radius 1 is 1.11 bits per heavy atom. The molecule has 1 N–H and O–H groups in total. The minimum absolute atomic E-state index is 0.0316. The van der Waals surface area contributed by atoms with Crippen LogP contribution in [-0.2, 0) is 5.60 Å². The molecule has 0 amide bonds. The number of nitrogens with zero attached hydrogens (tertiary/aromatic N) is 2. The van der Waals surface area contributed by atoms with E-state index >= 15 is 0 Å². The first-order valence-electron chi connectivity index (χ1n) is 10.6. The Kier molecular flexibility index (Phi) is 8.28. The van der Waals surface area contributed by atoms with Crippen molar-refractivity contribution in [3.8, 4) is 28.5 Å². The summed E-state index contributed by atoms with van der Waals surface area (Å²) in [6, 6.07) is 12.1. The highest BCUT2D eigenvalue weighted by Gasteiger charge is 2.28. The molecule has 1 aromatic heterocycles. The molecule has 0 fully saturated rings. The lowest BCUT2D eigenvalue weighted by molar-refractivity contribution is 0.0397. The van der Waals surface area contributed by atoms with E-state index in [0.717, 1.165) is 0 Å². The lowest BCUT2D eigenvalue weighted by Gasteiger charge is -2.24. The van der Waals surface area contributed by atoms with Gasteiger partial charge in [-0.3, -0.25) is 9.64 Å². The first-order valence-corrected chi connectivity index (χ1v) is 11.0. The van der Waals surface area contributed by atoms with Gasteiger partial charge in [0.15, 0.2) is 17.3 Å². The molecule has 0 bridgehead atoms. The molecular weight excluding hydrogens is 475 g/mol. The topological polar surface area (TPSA) is 82.2 Å². The van der Waals surface area contributed by atoms with Crippen molar-refractivity contribution >= 4 is 17.4 Å². The normalized spacial score (nSPS) is 12.4. The number of hydrogen-bond donors (Lipinski definition) is 1. The maximum atomic E-state index is 13.6. The number of pyridine rings is 1. The molecule has 35 heavy (non-hydrogen) atoms. The van der Waals surface area contributed by atoms with Crippen molar-refractivity contribution in [3.63, 3.8) is 0 Å². The summed E-state index contributed by atoms with van der Waals surface area (Å²) in [6.45, 7) is 8.23. The van der Waals surface area contributed by atoms with Gasteiger partial charge >= 0.3 is 6.73 Å². The number of hydrogen-bond acceptors (Lipinski definition) is 6. The van der Waals surface area contributed by atoms with Gasteiger partial charge in [-0.1, -0.05) is 11.6 Å². The Labute approximate surface area is 207 Å². The lowest BCUT2D eigenvalue weighted by atomic mass is 9.92. The van der Waals surface area contributed by atoms with Gasteiger partial charge in [-0.05, 0) is 61.9 Å². The van der Waals surface area contributed by atoms with E-state index in [0.29, 0.717) is 39.8 Å². The fourth-order valence-electron chi connectivity index (χ4n) is 3.45. The molecule has 9 heteroatoms. The zero-order valence-corrected chi connectivity index (χ0v) is 20.2. The fraction of sp³-hybridized carbons (Fsp3) is 0.269. The van der Waals surface area contributed by atoms with Gasteiger partial charge in [-0.2, -0.15) is 0 Å². The third-order valence-electron chi connectivity index (χ3n) is 5.43. The maximum Gasteiger partial charge on any atom is 0.357 e. The Morgan fingerprint density at radius 3 is 2.49 bits per heavy atom. The van der Waals surface area contributed by atoms with Crippen LogP contribution in [0.25, 0.3) is 16.1 Å². The minimum atomic E-state index is -1.44. The summed E-state index contributed by atoms with van der Waals surface area (Å²) in [5, 5.41) is 11.1. The number of carbonyl (C=O) groups excluding carboxylic acids is 1. The van der Waals surface area contributed by atoms with E-state index in [-0.39, 0.29) is 30.4 Å². The van der Waals surface area contributed by atoms with Gasteiger partial charge in [0.25, 0.3) is 0 Å². The van der Waals surface area contributed by atoms with Crippen LogP contribution in [0.2, 0.25) is 5.02 Å². The Morgan fingerprint density at radius 2 is 1.83 bits per heavy atom. The van der Waals surface area contributed by atoms with E-state index in [2.05, 4.69) is 9.83 Å². The summed E-state index contributed by atoms with van der Waals surface area (Å²) in [5.41, 5.74) is 0.176. The van der Waals surface area contributed by atoms with Crippen molar-refractivity contribution in [2.24, 2.45) is 0 Å². The summed E-state index contributed by atoms with van der Waals surface area (Å²) in [4.78, 5) is 20.5. The van der Waals surface area contributed by atoms with Crippen molar-refractivity contribution in [3.05, 3.63) is 82.0 Å². The molecule has 0 spiro atoms. The molecule has 3 rings (SSSR count). The molecule has 7 nitrogen and oxygen atoms in total. The van der Waals surface area contributed by atoms with Gasteiger partial charge in [-0.25, -0.2) is 15.9 Å². The molecule has 0 radical (unpaired) electrons. The van der Waals surface area contributed by atoms with E-state index in [1.807, 2.05) is 0 Å². The number of methoxy groups -OCH3 is 2. The number of Topliss-reactive ketones (excluding diaryl/α,β-unsaturated/α-hetero) is 1. The number of benzene rings is 2. The van der Waals surface area contributed by atoms with E-state index in [1.165, 1.54) is 32.4 Å². The first kappa shape index (κ1) is 25.9. The smallest absolute Gasteiger partial charge is 0.357 e. The number of ether oxygens (including phenoxy) is 3. The van der Waals surface area contributed by atoms with Crippen LogP contribution in [0.5, 0.6) is 17.2 Å². The molecule has 1 heterocycles. The van der Waals surface area contributed by atoms with Crippen LogP contribution in [0.4, 0.5) is 4.39 Å². The average Bonchev–Trinajstić information content (AvgIpc) is 2.87. The van der Waals surface area contributed by atoms with Crippen LogP contribution in [0.15, 0.2) is 48.5 Å². The van der Waals surface area contributed by atoms with Gasteiger partial charge in [0, 0.05) is 17.5 Å². The molecular formula is C26H24ClFN2O5. The second-order valence-electron chi connectivity index (χ2n) is 7.87. The second kappa shape index (κ2) is 11.2. The average molecular weight is 499 g/mol. The summed E-state index contributed by atoms with van der Waals surface area (Å²) < 4.78 is 29.5. The van der Waals surface area contributed by atoms with E-state index in [4.69, 9.17) is 32.4 Å². The summed E-state index contributed by atoms with van der Waals surface area (Å²) in [6.07, 6.45) is 0.122. The predicted molar refractivity (Wildman–Crippen MR) is 129 cm³/mol. The number of ketones is 1. The maximum absolute atomic E-state index is 13.6. The lowest BCUT2D eigenvalue weighted by Crippen LogP contribution is -2.24. The van der Waals surface area contributed by atoms with Crippen molar-refractivity contribution in [2.45, 2.75) is 25.4 Å². The van der Waals surface area contributed by atoms with E-state index in [1.54, 1.807) is 37.3 Å². The molecule has 0 aliphatic carbocycles. The fourth-order valence-corrected chi connectivity index (χ4v) is 3.63. The van der Waals surface area contributed by atoms with Gasteiger partial charge in [0.2, 0.25) is 0 Å². The second-order valence-corrected chi connectivity index (χ2v) is 8.28. The molecule has 2 aromatic carbocycles. The van der Waals surface area contributed by atoms with Crippen molar-refractivity contribution in [1.82, 2.24) is 4.98 Å². The van der Waals surface area contributed by atoms with Crippen LogP contribution in [0.1, 0.15) is 35.8 Å². The van der Waals surface area contributed by atoms with Crippen molar-refractivity contribution < 1.29 is 28.5 Å². The molecule has 3 aromatic rings. The van der Waals surface area contributed by atoms with Crippen molar-refractivity contribution in [2.75, 3.05) is 21.0 Å². The van der Waals surface area contributed by atoms with Crippen LogP contribution in [0.3, 0.4) is 0 Å². The highest BCUT2D eigenvalue weighted by molar-refractivity contribution is 6.31. The SMILES string of the molecule is [C-]#[N+]COc1ccc(C(=O)CCC(C)(O)c2ccc(OC)c(-c3ccc(F)c(Cl)c3)n2)cc1OC. The number of aromatic nitrogens is 1. The number of rotatable bonds is 10. The summed E-state index contributed by atoms with van der Waals surface area (Å²) >= 11 is 5.93. The van der Waals surface area contributed by atoms with Gasteiger partial charge in [-0.15, -0.1) is 0 Å². The third-order valence-corrected chi connectivity index (χ3v) is 5.72. The molecule has 0 aliphatic heterocycles. The predicted octanol–water partition coefficient (Wildman–Crippen LogP) is 5.68. The molecule has 1 atom stereocenters. The molecule has 1 unspecified atom stereocenters. The number of aliphatic hydroxyl groups is 1. The monoisotopic (exact) mass is 498 g/mol. The van der Waals surface area contributed by atoms with Crippen LogP contribution < -0.4 is 14.2 Å². The highest BCUT2D eigenvalue weighted by atomic mass is 35.5. The zero-order chi connectivity index (χ0) is 25.6. The van der Waals surface area contributed by atoms with E-state index in [9.17, 15) is 14.3 Å². The number of halogens is 2. The zero-order valence-electron chi connectivity index (χ0n) is 19.5. The Hall–Kier alpha value is -3.67. The van der Waals surface area contributed by atoms with Gasteiger partial charge in [0.05, 0.1) is 24.9 Å². The standard InChI is InChI=1S/C26H24ClFN2O5/c1-26(32,12-11-20(31)16-6-8-21(35-15-29-2)23(14-16)34-4)24-10-9-22(33-3)25(30-24)17-5-7-19(28)18(27)13-17/h5-10,13-14,32H,11-12,15H2,1,3-4H3. The molecule has 0 saturated heterocycles. The molecule has 0 saturated carbocycles. The van der Waals surface area contributed by atoms with Crippen LogP contribution in [0, 0.1) is 12.4 Å². The highest BCUT2D eigenvalue weighted by Crippen LogP contribution is 2.35. The van der Waals surface area contributed by atoms with Gasteiger partial charge in [0.1, 0.15) is 22.9 Å². The Bertz CT molecular complexity index is 1270. The Balaban J connectivity index is 1.81. The largest absolute Gasteiger partial charge is 0.494 e. The van der Waals surface area contributed by atoms with Crippen LogP contribution >= 0.6 is 11.6 Å².